The number of aliphatic hydroxyl groups is 8. The molecule has 2 aliphatic heterocycles. The molecule has 0 bridgehead atoms. The number of carbonyl (C=O) groups is 1. The van der Waals surface area contributed by atoms with Crippen molar-refractivity contribution in [3.8, 4) is 0 Å². The fourth-order valence-electron chi connectivity index (χ4n) is 12.2. The van der Waals surface area contributed by atoms with E-state index in [4.69, 9.17) is 18.9 Å². The average Bonchev–Trinajstić information content (AvgIpc) is 2.33. The van der Waals surface area contributed by atoms with Gasteiger partial charge in [-0.1, -0.05) is 314 Å². The molecule has 9 N–H and O–H groups in total. The Bertz CT molecular complexity index is 1600. The molecular formula is C73H137NO13. The van der Waals surface area contributed by atoms with Gasteiger partial charge in [0.2, 0.25) is 5.91 Å². The Morgan fingerprint density at radius 2 is 0.736 bits per heavy atom. The molecule has 14 heteroatoms. The molecule has 0 saturated carbocycles. The molecule has 14 nitrogen and oxygen atoms in total. The number of allylic oxidation sites excluding steroid dienone is 5. The first-order valence-electron chi connectivity index (χ1n) is 36.7. The van der Waals surface area contributed by atoms with Crippen molar-refractivity contribution in [2.45, 2.75) is 402 Å². The summed E-state index contributed by atoms with van der Waals surface area (Å²) in [5.41, 5.74) is 0. The predicted octanol–water partition coefficient (Wildman–Crippen LogP) is 15.3. The average molecular weight is 1240 g/mol. The van der Waals surface area contributed by atoms with Gasteiger partial charge in [-0.2, -0.15) is 0 Å². The lowest BCUT2D eigenvalue weighted by atomic mass is 9.97. The standard InChI is InChI=1S/C73H137NO13/c1-3-5-7-9-11-13-15-17-19-21-23-25-27-29-31-32-34-36-38-40-42-44-46-48-50-52-54-56-62(77)61(60-84-72-70(83)68(81)71(64(59-76)86-72)87-73-69(82)67(80)66(79)63(58-75)85-73)74-65(78)57-55-53-51-49-47-45-43-41-39-37-35-33-30-28-26-24-22-20-18-16-14-12-10-8-6-4-2/h38,40,46,48,54,56,61-64,66-73,75-77,79-83H,3-37,39,41-45,47,49-53,55,57-60H2,1-2H3,(H,74,78)/b40-38+,48-46+,56-54+. The lowest BCUT2D eigenvalue weighted by molar-refractivity contribution is -0.359. The van der Waals surface area contributed by atoms with Crippen LogP contribution in [0.1, 0.15) is 328 Å². The van der Waals surface area contributed by atoms with Crippen LogP contribution >= 0.6 is 0 Å². The molecule has 0 aromatic carbocycles. The first-order valence-corrected chi connectivity index (χ1v) is 36.7. The number of unbranched alkanes of at least 4 members (excludes halogenated alkanes) is 44. The number of ether oxygens (including phenoxy) is 4. The molecule has 512 valence electrons. The van der Waals surface area contributed by atoms with Gasteiger partial charge in [-0.25, -0.2) is 0 Å². The molecule has 2 fully saturated rings. The number of hydrogen-bond donors (Lipinski definition) is 9. The van der Waals surface area contributed by atoms with E-state index in [1.807, 2.05) is 6.08 Å². The van der Waals surface area contributed by atoms with Gasteiger partial charge in [-0.3, -0.25) is 4.79 Å². The van der Waals surface area contributed by atoms with E-state index in [-0.39, 0.29) is 18.9 Å². The van der Waals surface area contributed by atoms with Gasteiger partial charge in [0, 0.05) is 6.42 Å². The summed E-state index contributed by atoms with van der Waals surface area (Å²) in [4.78, 5) is 13.3. The first-order chi connectivity index (χ1) is 42.6. The highest BCUT2D eigenvalue weighted by Crippen LogP contribution is 2.30. The largest absolute Gasteiger partial charge is 0.394 e. The summed E-state index contributed by atoms with van der Waals surface area (Å²) in [6, 6.07) is -0.937. The summed E-state index contributed by atoms with van der Waals surface area (Å²) in [5, 5.41) is 87.5. The molecule has 0 radical (unpaired) electrons. The van der Waals surface area contributed by atoms with E-state index in [1.54, 1.807) is 6.08 Å². The summed E-state index contributed by atoms with van der Waals surface area (Å²) in [6.07, 6.45) is 57.9. The number of hydrogen-bond acceptors (Lipinski definition) is 13. The zero-order chi connectivity index (χ0) is 63.1. The summed E-state index contributed by atoms with van der Waals surface area (Å²) in [7, 11) is 0. The van der Waals surface area contributed by atoms with Gasteiger partial charge < -0.3 is 65.1 Å². The van der Waals surface area contributed by atoms with Gasteiger partial charge in [-0.05, 0) is 44.9 Å². The van der Waals surface area contributed by atoms with Crippen LogP contribution in [0.3, 0.4) is 0 Å². The van der Waals surface area contributed by atoms with Crippen LogP contribution < -0.4 is 5.32 Å². The number of aliphatic hydroxyl groups excluding tert-OH is 8. The Kier molecular flexibility index (Phi) is 54.3. The molecule has 0 aliphatic carbocycles. The molecule has 0 aromatic heterocycles. The van der Waals surface area contributed by atoms with Crippen LogP contribution in [0.4, 0.5) is 0 Å². The molecule has 0 spiro atoms. The third-order valence-electron chi connectivity index (χ3n) is 18.1. The van der Waals surface area contributed by atoms with Gasteiger partial charge in [-0.15, -0.1) is 0 Å². The fourth-order valence-corrected chi connectivity index (χ4v) is 12.2. The summed E-state index contributed by atoms with van der Waals surface area (Å²) in [5.74, 6) is -0.246. The predicted molar refractivity (Wildman–Crippen MR) is 355 cm³/mol. The Morgan fingerprint density at radius 1 is 0.402 bits per heavy atom. The molecule has 12 unspecified atom stereocenters. The summed E-state index contributed by atoms with van der Waals surface area (Å²) >= 11 is 0. The van der Waals surface area contributed by atoms with Crippen molar-refractivity contribution in [2.75, 3.05) is 19.8 Å². The zero-order valence-electron chi connectivity index (χ0n) is 55.8. The van der Waals surface area contributed by atoms with Crippen LogP contribution in [0.15, 0.2) is 36.5 Å². The Labute approximate surface area is 531 Å². The second-order valence-electron chi connectivity index (χ2n) is 26.1. The van der Waals surface area contributed by atoms with Crippen LogP contribution in [0, 0.1) is 0 Å². The lowest BCUT2D eigenvalue weighted by Gasteiger charge is -2.46. The van der Waals surface area contributed by atoms with Crippen LogP contribution in [0.25, 0.3) is 0 Å². The van der Waals surface area contributed by atoms with Gasteiger partial charge in [0.1, 0.15) is 48.8 Å². The molecule has 87 heavy (non-hydrogen) atoms. The highest BCUT2D eigenvalue weighted by atomic mass is 16.7. The van der Waals surface area contributed by atoms with Gasteiger partial charge in [0.15, 0.2) is 12.6 Å². The van der Waals surface area contributed by atoms with Crippen LogP contribution in [0.5, 0.6) is 0 Å². The minimum absolute atomic E-state index is 0.246. The van der Waals surface area contributed by atoms with Crippen LogP contribution in [-0.4, -0.2) is 140 Å². The van der Waals surface area contributed by atoms with Crippen molar-refractivity contribution in [1.29, 1.82) is 0 Å². The van der Waals surface area contributed by atoms with Crippen LogP contribution in [-0.2, 0) is 23.7 Å². The summed E-state index contributed by atoms with van der Waals surface area (Å²) in [6.45, 7) is 2.83. The van der Waals surface area contributed by atoms with E-state index in [0.717, 1.165) is 44.9 Å². The van der Waals surface area contributed by atoms with Crippen LogP contribution in [0.2, 0.25) is 0 Å². The zero-order valence-corrected chi connectivity index (χ0v) is 55.8. The third kappa shape index (κ3) is 42.1. The molecule has 2 rings (SSSR count). The summed E-state index contributed by atoms with van der Waals surface area (Å²) < 4.78 is 22.9. The Balaban J connectivity index is 1.69. The van der Waals surface area contributed by atoms with Crippen molar-refractivity contribution in [3.05, 3.63) is 36.5 Å². The van der Waals surface area contributed by atoms with Gasteiger partial charge in [0.05, 0.1) is 32.0 Å². The van der Waals surface area contributed by atoms with Crippen molar-refractivity contribution >= 4 is 5.91 Å². The minimum Gasteiger partial charge on any atom is -0.394 e. The number of carbonyl (C=O) groups excluding carboxylic acids is 1. The number of rotatable bonds is 61. The van der Waals surface area contributed by atoms with E-state index in [0.29, 0.717) is 12.8 Å². The molecule has 2 saturated heterocycles. The second-order valence-corrected chi connectivity index (χ2v) is 26.1. The van der Waals surface area contributed by atoms with Gasteiger partial charge in [0.25, 0.3) is 0 Å². The highest BCUT2D eigenvalue weighted by molar-refractivity contribution is 5.76. The van der Waals surface area contributed by atoms with E-state index in [1.165, 1.54) is 250 Å². The quantitative estimate of drug-likeness (QED) is 0.0204. The number of nitrogens with one attached hydrogen (secondary N) is 1. The van der Waals surface area contributed by atoms with Gasteiger partial charge >= 0.3 is 0 Å². The van der Waals surface area contributed by atoms with Crippen molar-refractivity contribution in [2.24, 2.45) is 0 Å². The Morgan fingerprint density at radius 3 is 1.13 bits per heavy atom. The molecule has 12 atom stereocenters. The molecule has 2 heterocycles. The smallest absolute Gasteiger partial charge is 0.220 e. The second kappa shape index (κ2) is 58.1. The number of amides is 1. The minimum atomic E-state index is -1.79. The molecule has 0 aromatic rings. The Hall–Kier alpha value is -1.79. The SMILES string of the molecule is CCCCCCCCCCCCCCCCCCC/C=C/CC/C=C/CC/C=C/C(O)C(COC1OC(CO)C(OC2OC(CO)C(O)C(O)C2O)C(O)C1O)NC(=O)CCCCCCCCCCCCCCCCCCCCCCCCCCCC. The van der Waals surface area contributed by atoms with E-state index < -0.39 is 86.8 Å². The van der Waals surface area contributed by atoms with Crippen molar-refractivity contribution in [1.82, 2.24) is 5.32 Å². The highest BCUT2D eigenvalue weighted by Gasteiger charge is 2.51. The first kappa shape index (κ1) is 81.3. The lowest BCUT2D eigenvalue weighted by Crippen LogP contribution is -2.65. The maximum atomic E-state index is 13.3. The van der Waals surface area contributed by atoms with E-state index in [9.17, 15) is 45.6 Å². The molecule has 1 amide bonds. The third-order valence-corrected chi connectivity index (χ3v) is 18.1. The normalized spacial score (nSPS) is 23.4. The molecular weight excluding hydrogens is 1100 g/mol. The molecule has 2 aliphatic rings. The topological polar surface area (TPSA) is 228 Å². The van der Waals surface area contributed by atoms with E-state index in [2.05, 4.69) is 43.5 Å². The van der Waals surface area contributed by atoms with Crippen molar-refractivity contribution < 1.29 is 64.6 Å². The maximum absolute atomic E-state index is 13.3. The van der Waals surface area contributed by atoms with Crippen molar-refractivity contribution in [3.63, 3.8) is 0 Å². The van der Waals surface area contributed by atoms with E-state index >= 15 is 0 Å². The fraction of sp³-hybridized carbons (Fsp3) is 0.904. The monoisotopic (exact) mass is 1240 g/mol. The maximum Gasteiger partial charge on any atom is 0.220 e.